The molecule has 2 aromatic rings. The molecule has 2 aliphatic carbocycles. The maximum atomic E-state index is 13.2. The van der Waals surface area contributed by atoms with Gasteiger partial charge in [0.05, 0.1) is 5.56 Å². The van der Waals surface area contributed by atoms with E-state index in [0.717, 1.165) is 18.9 Å². The molecule has 0 heterocycles. The fraction of sp³-hybridized carbons (Fsp3) is 0.333. The lowest BCUT2D eigenvalue weighted by molar-refractivity contribution is -0.138. The van der Waals surface area contributed by atoms with E-state index in [2.05, 4.69) is 10.6 Å². The molecule has 2 amide bonds. The summed E-state index contributed by atoms with van der Waals surface area (Å²) < 4.78 is 39.5. The summed E-state index contributed by atoms with van der Waals surface area (Å²) in [6.07, 6.45) is -2.20. The maximum Gasteiger partial charge on any atom is 0.416 e. The summed E-state index contributed by atoms with van der Waals surface area (Å²) in [7, 11) is 0. The Morgan fingerprint density at radius 1 is 0.857 bits per heavy atom. The van der Waals surface area contributed by atoms with Crippen LogP contribution in [0.1, 0.15) is 36.3 Å². The number of benzene rings is 2. The van der Waals surface area contributed by atoms with E-state index in [4.69, 9.17) is 0 Å². The van der Waals surface area contributed by atoms with Gasteiger partial charge in [0, 0.05) is 23.2 Å². The molecule has 2 fully saturated rings. The largest absolute Gasteiger partial charge is 0.416 e. The van der Waals surface area contributed by atoms with E-state index < -0.39 is 23.6 Å². The Hall–Kier alpha value is -2.83. The molecule has 28 heavy (non-hydrogen) atoms. The van der Waals surface area contributed by atoms with E-state index in [9.17, 15) is 22.8 Å². The molecule has 146 valence electrons. The van der Waals surface area contributed by atoms with Gasteiger partial charge in [-0.2, -0.15) is 13.2 Å². The van der Waals surface area contributed by atoms with Gasteiger partial charge in [-0.3, -0.25) is 9.59 Å². The van der Waals surface area contributed by atoms with Gasteiger partial charge >= 0.3 is 6.18 Å². The fourth-order valence-corrected chi connectivity index (χ4v) is 3.37. The quantitative estimate of drug-likeness (QED) is 0.773. The van der Waals surface area contributed by atoms with Crippen molar-refractivity contribution in [2.45, 2.75) is 31.4 Å². The molecule has 2 unspecified atom stereocenters. The number of hydrogen-bond acceptors (Lipinski definition) is 2. The molecule has 0 aliphatic heterocycles. The maximum absolute atomic E-state index is 13.2. The molecule has 4 rings (SSSR count). The number of carbonyl (C=O) groups excluding carboxylic acids is 2. The van der Waals surface area contributed by atoms with Gasteiger partial charge in [-0.15, -0.1) is 0 Å². The zero-order valence-electron chi connectivity index (χ0n) is 14.9. The molecule has 2 N–H and O–H groups in total. The number of hydrogen-bond donors (Lipinski definition) is 2. The van der Waals surface area contributed by atoms with Crippen LogP contribution in [-0.2, 0) is 15.8 Å². The van der Waals surface area contributed by atoms with Gasteiger partial charge in [0.15, 0.2) is 0 Å². The van der Waals surface area contributed by atoms with Crippen LogP contribution in [0, 0.1) is 11.8 Å². The Morgan fingerprint density at radius 3 is 2.00 bits per heavy atom. The molecule has 7 heteroatoms. The molecule has 0 aromatic heterocycles. The van der Waals surface area contributed by atoms with Crippen molar-refractivity contribution in [3.63, 3.8) is 0 Å². The standard InChI is InChI=1S/C21H19F3N2O2/c22-21(23,24)18-4-2-1-3-15(18)16-11-17(16)20(28)26-14-9-7-13(8-10-14)25-19(27)12-5-6-12/h1-4,7-10,12,16-17H,5-6,11H2,(H,25,27)(H,26,28). The minimum absolute atomic E-state index is 0.000868. The Kier molecular flexibility index (Phi) is 4.61. The van der Waals surface area contributed by atoms with Crippen molar-refractivity contribution in [3.05, 3.63) is 59.7 Å². The van der Waals surface area contributed by atoms with Gasteiger partial charge in [-0.05, 0) is 61.1 Å². The third-order valence-corrected chi connectivity index (χ3v) is 5.16. The first-order chi connectivity index (χ1) is 13.3. The molecule has 2 aliphatic rings. The SMILES string of the molecule is O=C(Nc1ccc(NC(=O)C2CC2c2ccccc2C(F)(F)F)cc1)C1CC1. The van der Waals surface area contributed by atoms with Crippen LogP contribution in [0.3, 0.4) is 0 Å². The predicted molar refractivity (Wildman–Crippen MR) is 98.7 cm³/mol. The number of carbonyl (C=O) groups is 2. The van der Waals surface area contributed by atoms with Gasteiger partial charge in [-0.1, -0.05) is 18.2 Å². The van der Waals surface area contributed by atoms with E-state index in [1.165, 1.54) is 12.1 Å². The molecule has 4 nitrogen and oxygen atoms in total. The van der Waals surface area contributed by atoms with Crippen molar-refractivity contribution in [3.8, 4) is 0 Å². The molecule has 2 saturated carbocycles. The molecular formula is C21H19F3N2O2. The van der Waals surface area contributed by atoms with E-state index in [-0.39, 0.29) is 23.3 Å². The third-order valence-electron chi connectivity index (χ3n) is 5.16. The van der Waals surface area contributed by atoms with Crippen LogP contribution in [0.15, 0.2) is 48.5 Å². The third kappa shape index (κ3) is 4.03. The molecule has 0 saturated heterocycles. The normalized spacial score (nSPS) is 21.1. The Bertz CT molecular complexity index is 905. The van der Waals surface area contributed by atoms with Crippen molar-refractivity contribution in [2.75, 3.05) is 10.6 Å². The highest BCUT2D eigenvalue weighted by molar-refractivity contribution is 5.96. The second kappa shape index (κ2) is 6.96. The average molecular weight is 388 g/mol. The smallest absolute Gasteiger partial charge is 0.326 e. The van der Waals surface area contributed by atoms with E-state index in [0.29, 0.717) is 17.8 Å². The molecule has 0 radical (unpaired) electrons. The highest BCUT2D eigenvalue weighted by atomic mass is 19.4. The summed E-state index contributed by atoms with van der Waals surface area (Å²) in [4.78, 5) is 24.2. The topological polar surface area (TPSA) is 58.2 Å². The Labute approximate surface area is 160 Å². The highest BCUT2D eigenvalue weighted by Crippen LogP contribution is 2.51. The monoisotopic (exact) mass is 388 g/mol. The number of alkyl halides is 3. The van der Waals surface area contributed by atoms with Crippen LogP contribution in [0.25, 0.3) is 0 Å². The summed E-state index contributed by atoms with van der Waals surface area (Å²) in [5.74, 6) is -1.09. The van der Waals surface area contributed by atoms with Crippen molar-refractivity contribution in [1.29, 1.82) is 0 Å². The number of rotatable bonds is 5. The summed E-state index contributed by atoms with van der Waals surface area (Å²) >= 11 is 0. The summed E-state index contributed by atoms with van der Waals surface area (Å²) in [5, 5.41) is 5.55. The van der Waals surface area contributed by atoms with E-state index in [1.807, 2.05) is 0 Å². The number of amides is 2. The minimum Gasteiger partial charge on any atom is -0.326 e. The van der Waals surface area contributed by atoms with Crippen LogP contribution < -0.4 is 10.6 Å². The van der Waals surface area contributed by atoms with E-state index >= 15 is 0 Å². The zero-order valence-corrected chi connectivity index (χ0v) is 14.9. The summed E-state index contributed by atoms with van der Waals surface area (Å²) in [5.41, 5.74) is 0.696. The second-order valence-corrected chi connectivity index (χ2v) is 7.36. The Morgan fingerprint density at radius 2 is 1.43 bits per heavy atom. The number of halogens is 3. The lowest BCUT2D eigenvalue weighted by Gasteiger charge is -2.12. The molecular weight excluding hydrogens is 369 g/mol. The van der Waals surface area contributed by atoms with Gasteiger partial charge in [0.25, 0.3) is 0 Å². The van der Waals surface area contributed by atoms with Crippen LogP contribution in [-0.4, -0.2) is 11.8 Å². The first kappa shape index (κ1) is 18.5. The minimum atomic E-state index is -4.43. The summed E-state index contributed by atoms with van der Waals surface area (Å²) in [6, 6.07) is 12.1. The van der Waals surface area contributed by atoms with Crippen LogP contribution in [0.5, 0.6) is 0 Å². The van der Waals surface area contributed by atoms with Crippen LogP contribution >= 0.6 is 0 Å². The molecule has 0 bridgehead atoms. The first-order valence-electron chi connectivity index (χ1n) is 9.21. The average Bonchev–Trinajstić information content (AvgIpc) is 3.55. The second-order valence-electron chi connectivity index (χ2n) is 7.36. The van der Waals surface area contributed by atoms with Gasteiger partial charge in [0.1, 0.15) is 0 Å². The van der Waals surface area contributed by atoms with Gasteiger partial charge in [-0.25, -0.2) is 0 Å². The van der Waals surface area contributed by atoms with Gasteiger partial charge in [0.2, 0.25) is 11.8 Å². The van der Waals surface area contributed by atoms with Crippen molar-refractivity contribution >= 4 is 23.2 Å². The van der Waals surface area contributed by atoms with Crippen LogP contribution in [0.4, 0.5) is 24.5 Å². The first-order valence-corrected chi connectivity index (χ1v) is 9.21. The van der Waals surface area contributed by atoms with Crippen molar-refractivity contribution < 1.29 is 22.8 Å². The van der Waals surface area contributed by atoms with Gasteiger partial charge < -0.3 is 10.6 Å². The summed E-state index contributed by atoms with van der Waals surface area (Å²) in [6.45, 7) is 0. The predicted octanol–water partition coefficient (Wildman–Crippen LogP) is 4.80. The van der Waals surface area contributed by atoms with E-state index in [1.54, 1.807) is 30.3 Å². The Balaban J connectivity index is 1.37. The lowest BCUT2D eigenvalue weighted by Crippen LogP contribution is -2.16. The fourth-order valence-electron chi connectivity index (χ4n) is 3.37. The lowest BCUT2D eigenvalue weighted by atomic mass is 10.0. The molecule has 2 atom stereocenters. The van der Waals surface area contributed by atoms with Crippen molar-refractivity contribution in [1.82, 2.24) is 0 Å². The number of nitrogens with one attached hydrogen (secondary N) is 2. The highest BCUT2D eigenvalue weighted by Gasteiger charge is 2.47. The zero-order chi connectivity index (χ0) is 19.9. The van der Waals surface area contributed by atoms with Crippen LogP contribution in [0.2, 0.25) is 0 Å². The molecule has 2 aromatic carbocycles. The van der Waals surface area contributed by atoms with Crippen molar-refractivity contribution in [2.24, 2.45) is 11.8 Å². The molecule has 0 spiro atoms. The number of anilines is 2.